The Morgan fingerprint density at radius 3 is 2.45 bits per heavy atom. The third-order valence-electron chi connectivity index (χ3n) is 3.32. The summed E-state index contributed by atoms with van der Waals surface area (Å²) < 4.78 is 0. The molecule has 2 N–H and O–H groups in total. The number of nitrogens with one attached hydrogen (secondary N) is 2. The van der Waals surface area contributed by atoms with Crippen LogP contribution in [-0.4, -0.2) is 18.3 Å². The van der Waals surface area contributed by atoms with E-state index in [1.54, 1.807) is 11.8 Å². The molecule has 0 heterocycles. The third-order valence-corrected chi connectivity index (χ3v) is 4.34. The molecular formula is C18H22N2OS. The number of carbonyl (C=O) groups is 1. The van der Waals surface area contributed by atoms with Gasteiger partial charge in [0.25, 0.3) is 0 Å². The molecule has 0 fully saturated rings. The van der Waals surface area contributed by atoms with E-state index in [0.717, 1.165) is 11.3 Å². The largest absolute Gasteiger partial charge is 0.337 e. The summed E-state index contributed by atoms with van der Waals surface area (Å²) in [5, 5.41) is 5.84. The van der Waals surface area contributed by atoms with Crippen LogP contribution in [0.5, 0.6) is 0 Å². The van der Waals surface area contributed by atoms with Crippen molar-refractivity contribution in [1.82, 2.24) is 10.6 Å². The molecule has 0 aliphatic carbocycles. The zero-order chi connectivity index (χ0) is 15.8. The highest BCUT2D eigenvalue weighted by Crippen LogP contribution is 2.17. The molecule has 0 spiro atoms. The minimum atomic E-state index is -0.124. The summed E-state index contributed by atoms with van der Waals surface area (Å²) in [5.74, 6) is 0.857. The predicted molar refractivity (Wildman–Crippen MR) is 93.3 cm³/mol. The second kappa shape index (κ2) is 8.49. The van der Waals surface area contributed by atoms with Crippen LogP contribution in [0, 0.1) is 6.92 Å². The number of thioether (sulfide) groups is 1. The number of urea groups is 1. The van der Waals surface area contributed by atoms with Crippen molar-refractivity contribution in [2.24, 2.45) is 0 Å². The molecule has 2 aromatic carbocycles. The van der Waals surface area contributed by atoms with Crippen LogP contribution in [0.25, 0.3) is 0 Å². The summed E-state index contributed by atoms with van der Waals surface area (Å²) in [6, 6.07) is 18.2. The summed E-state index contributed by atoms with van der Waals surface area (Å²) in [5.41, 5.74) is 2.36. The molecule has 0 bridgehead atoms. The van der Waals surface area contributed by atoms with E-state index in [1.807, 2.05) is 37.3 Å². The van der Waals surface area contributed by atoms with Crippen LogP contribution in [0.2, 0.25) is 0 Å². The molecule has 0 aliphatic heterocycles. The first-order valence-corrected chi connectivity index (χ1v) is 8.42. The molecule has 116 valence electrons. The van der Waals surface area contributed by atoms with Crippen LogP contribution in [0.3, 0.4) is 0 Å². The molecule has 1 atom stereocenters. The van der Waals surface area contributed by atoms with E-state index in [1.165, 1.54) is 10.5 Å². The van der Waals surface area contributed by atoms with E-state index in [0.29, 0.717) is 6.54 Å². The lowest BCUT2D eigenvalue weighted by atomic mass is 10.1. The Hall–Kier alpha value is -1.94. The highest BCUT2D eigenvalue weighted by atomic mass is 32.2. The monoisotopic (exact) mass is 314 g/mol. The molecule has 2 rings (SSSR count). The number of hydrogen-bond donors (Lipinski definition) is 2. The SMILES string of the molecule is Cc1ccc(SCCNC(=O)NC(C)c2ccccc2)cc1. The lowest BCUT2D eigenvalue weighted by Gasteiger charge is -2.15. The fourth-order valence-corrected chi connectivity index (χ4v) is 2.81. The zero-order valence-corrected chi connectivity index (χ0v) is 13.8. The molecule has 0 aromatic heterocycles. The van der Waals surface area contributed by atoms with Gasteiger partial charge in [0, 0.05) is 17.2 Å². The Labute approximate surface area is 136 Å². The predicted octanol–water partition coefficient (Wildman–Crippen LogP) is 4.15. The normalized spacial score (nSPS) is 11.7. The maximum Gasteiger partial charge on any atom is 0.315 e. The Kier molecular flexibility index (Phi) is 6.34. The summed E-state index contributed by atoms with van der Waals surface area (Å²) in [6.45, 7) is 4.70. The van der Waals surface area contributed by atoms with E-state index in [9.17, 15) is 4.79 Å². The molecule has 3 nitrogen and oxygen atoms in total. The first-order chi connectivity index (χ1) is 10.6. The number of carbonyl (C=O) groups excluding carboxylic acids is 1. The quantitative estimate of drug-likeness (QED) is 0.621. The second-order valence-corrected chi connectivity index (χ2v) is 6.36. The molecule has 1 unspecified atom stereocenters. The van der Waals surface area contributed by atoms with Crippen molar-refractivity contribution in [3.63, 3.8) is 0 Å². The van der Waals surface area contributed by atoms with Gasteiger partial charge in [0.05, 0.1) is 6.04 Å². The van der Waals surface area contributed by atoms with E-state index in [2.05, 4.69) is 41.8 Å². The summed E-state index contributed by atoms with van der Waals surface area (Å²) >= 11 is 1.74. The summed E-state index contributed by atoms with van der Waals surface area (Å²) in [6.07, 6.45) is 0. The maximum atomic E-state index is 11.9. The first-order valence-electron chi connectivity index (χ1n) is 7.44. The fraction of sp³-hybridized carbons (Fsp3) is 0.278. The number of amides is 2. The number of aryl methyl sites for hydroxylation is 1. The zero-order valence-electron chi connectivity index (χ0n) is 13.0. The lowest BCUT2D eigenvalue weighted by molar-refractivity contribution is 0.238. The van der Waals surface area contributed by atoms with Crippen molar-refractivity contribution in [3.05, 3.63) is 65.7 Å². The maximum absolute atomic E-state index is 11.9. The number of hydrogen-bond acceptors (Lipinski definition) is 2. The second-order valence-electron chi connectivity index (χ2n) is 5.19. The Morgan fingerprint density at radius 2 is 1.77 bits per heavy atom. The minimum Gasteiger partial charge on any atom is -0.337 e. The van der Waals surface area contributed by atoms with Gasteiger partial charge in [-0.3, -0.25) is 0 Å². The van der Waals surface area contributed by atoms with E-state index >= 15 is 0 Å². The minimum absolute atomic E-state index is 0.00551. The van der Waals surface area contributed by atoms with Gasteiger partial charge in [0.2, 0.25) is 0 Å². The molecule has 0 radical (unpaired) electrons. The van der Waals surface area contributed by atoms with Gasteiger partial charge in [-0.15, -0.1) is 11.8 Å². The van der Waals surface area contributed by atoms with Gasteiger partial charge in [-0.1, -0.05) is 48.0 Å². The van der Waals surface area contributed by atoms with Gasteiger partial charge < -0.3 is 10.6 Å². The van der Waals surface area contributed by atoms with Gasteiger partial charge >= 0.3 is 6.03 Å². The van der Waals surface area contributed by atoms with Crippen LogP contribution in [0.4, 0.5) is 4.79 Å². The molecule has 0 saturated carbocycles. The molecule has 0 aliphatic rings. The smallest absolute Gasteiger partial charge is 0.315 e. The molecule has 0 saturated heterocycles. The van der Waals surface area contributed by atoms with Gasteiger partial charge in [-0.2, -0.15) is 0 Å². The fourth-order valence-electron chi connectivity index (χ4n) is 2.04. The van der Waals surface area contributed by atoms with Gasteiger partial charge in [-0.05, 0) is 31.5 Å². The van der Waals surface area contributed by atoms with Crippen molar-refractivity contribution in [3.8, 4) is 0 Å². The Morgan fingerprint density at radius 1 is 1.09 bits per heavy atom. The Balaban J connectivity index is 1.66. The standard InChI is InChI=1S/C18H22N2OS/c1-14-8-10-17(11-9-14)22-13-12-19-18(21)20-15(2)16-6-4-3-5-7-16/h3-11,15H,12-13H2,1-2H3,(H2,19,20,21). The highest BCUT2D eigenvalue weighted by Gasteiger charge is 2.08. The topological polar surface area (TPSA) is 41.1 Å². The summed E-state index contributed by atoms with van der Waals surface area (Å²) in [7, 11) is 0. The number of rotatable bonds is 6. The molecule has 2 aromatic rings. The van der Waals surface area contributed by atoms with Gasteiger partial charge in [0.15, 0.2) is 0 Å². The molecular weight excluding hydrogens is 292 g/mol. The van der Waals surface area contributed by atoms with Crippen molar-refractivity contribution in [2.45, 2.75) is 24.8 Å². The first kappa shape index (κ1) is 16.4. The van der Waals surface area contributed by atoms with E-state index < -0.39 is 0 Å². The Bertz CT molecular complexity index is 584. The van der Waals surface area contributed by atoms with E-state index in [4.69, 9.17) is 0 Å². The highest BCUT2D eigenvalue weighted by molar-refractivity contribution is 7.99. The molecule has 4 heteroatoms. The van der Waals surface area contributed by atoms with Crippen LogP contribution < -0.4 is 10.6 Å². The van der Waals surface area contributed by atoms with Crippen LogP contribution in [0.15, 0.2) is 59.5 Å². The number of benzene rings is 2. The molecule has 2 amide bonds. The lowest BCUT2D eigenvalue weighted by Crippen LogP contribution is -2.38. The van der Waals surface area contributed by atoms with Crippen LogP contribution >= 0.6 is 11.8 Å². The average molecular weight is 314 g/mol. The van der Waals surface area contributed by atoms with Crippen molar-refractivity contribution >= 4 is 17.8 Å². The van der Waals surface area contributed by atoms with Gasteiger partial charge in [-0.25, -0.2) is 4.79 Å². The van der Waals surface area contributed by atoms with Gasteiger partial charge in [0.1, 0.15) is 0 Å². The van der Waals surface area contributed by atoms with Crippen molar-refractivity contribution in [1.29, 1.82) is 0 Å². The van der Waals surface area contributed by atoms with Crippen molar-refractivity contribution < 1.29 is 4.79 Å². The van der Waals surface area contributed by atoms with Crippen molar-refractivity contribution in [2.75, 3.05) is 12.3 Å². The third kappa shape index (κ3) is 5.45. The summed E-state index contributed by atoms with van der Waals surface area (Å²) in [4.78, 5) is 13.1. The van der Waals surface area contributed by atoms with Crippen LogP contribution in [0.1, 0.15) is 24.1 Å². The van der Waals surface area contributed by atoms with E-state index in [-0.39, 0.29) is 12.1 Å². The van der Waals surface area contributed by atoms with Crippen LogP contribution in [-0.2, 0) is 0 Å². The average Bonchev–Trinajstić information content (AvgIpc) is 2.54. The molecule has 22 heavy (non-hydrogen) atoms.